The Morgan fingerprint density at radius 2 is 2.00 bits per heavy atom. The maximum Gasteiger partial charge on any atom is 0.250 e. The number of fused-ring (bicyclic) bond motifs is 1. The second-order valence-corrected chi connectivity index (χ2v) is 5.49. The van der Waals surface area contributed by atoms with Gasteiger partial charge in [-0.05, 0) is 38.1 Å². The summed E-state index contributed by atoms with van der Waals surface area (Å²) in [7, 11) is 0. The molecule has 0 aliphatic carbocycles. The van der Waals surface area contributed by atoms with E-state index in [9.17, 15) is 9.59 Å². The molecule has 108 valence electrons. The Labute approximate surface area is 126 Å². The number of nitrogens with zero attached hydrogens (tertiary/aromatic N) is 2. The van der Waals surface area contributed by atoms with Crippen LogP contribution in [-0.4, -0.2) is 28.9 Å². The van der Waals surface area contributed by atoms with Gasteiger partial charge in [0.1, 0.15) is 12.1 Å². The Kier molecular flexibility index (Phi) is 3.29. The van der Waals surface area contributed by atoms with Crippen LogP contribution in [0, 0.1) is 0 Å². The van der Waals surface area contributed by atoms with Gasteiger partial charge in [-0.25, -0.2) is 0 Å². The Morgan fingerprint density at radius 3 is 2.76 bits per heavy atom. The normalized spacial score (nSPS) is 22.5. The first kappa shape index (κ1) is 13.8. The van der Waals surface area contributed by atoms with E-state index in [1.807, 2.05) is 6.07 Å². The van der Waals surface area contributed by atoms with Crippen molar-refractivity contribution in [2.24, 2.45) is 0 Å². The van der Waals surface area contributed by atoms with Crippen LogP contribution in [0.25, 0.3) is 10.9 Å². The molecule has 6 heteroatoms. The van der Waals surface area contributed by atoms with Crippen molar-refractivity contribution in [1.29, 1.82) is 0 Å². The SMILES string of the molecule is CC1NC(=O)C(C)N(c2ccc(Cl)c3cccnc23)C1=O. The molecule has 1 aromatic carbocycles. The van der Waals surface area contributed by atoms with Crippen LogP contribution >= 0.6 is 11.6 Å². The van der Waals surface area contributed by atoms with Crippen LogP contribution in [0.4, 0.5) is 5.69 Å². The van der Waals surface area contributed by atoms with E-state index in [4.69, 9.17) is 11.6 Å². The molecule has 2 heterocycles. The molecule has 1 fully saturated rings. The number of hydrogen-bond donors (Lipinski definition) is 1. The van der Waals surface area contributed by atoms with Crippen molar-refractivity contribution in [2.75, 3.05) is 4.90 Å². The maximum absolute atomic E-state index is 12.5. The zero-order valence-corrected chi connectivity index (χ0v) is 12.4. The lowest BCUT2D eigenvalue weighted by Gasteiger charge is -2.36. The number of aromatic nitrogens is 1. The standard InChI is InChI=1S/C15H14ClN3O2/c1-8-15(21)19(9(2)14(20)18-8)12-6-5-11(16)10-4-3-7-17-13(10)12/h3-9H,1-2H3,(H,18,20). The molecule has 0 saturated carbocycles. The number of rotatable bonds is 1. The molecule has 1 aliphatic heterocycles. The fourth-order valence-corrected chi connectivity index (χ4v) is 2.77. The number of benzene rings is 1. The van der Waals surface area contributed by atoms with E-state index in [1.165, 1.54) is 4.90 Å². The second kappa shape index (κ2) is 5.00. The van der Waals surface area contributed by atoms with Gasteiger partial charge in [0.05, 0.1) is 16.2 Å². The topological polar surface area (TPSA) is 62.3 Å². The molecule has 2 unspecified atom stereocenters. The highest BCUT2D eigenvalue weighted by atomic mass is 35.5. The third kappa shape index (κ3) is 2.14. The summed E-state index contributed by atoms with van der Waals surface area (Å²) >= 11 is 6.18. The minimum absolute atomic E-state index is 0.156. The predicted molar refractivity (Wildman–Crippen MR) is 81.3 cm³/mol. The van der Waals surface area contributed by atoms with Gasteiger partial charge in [-0.2, -0.15) is 0 Å². The lowest BCUT2D eigenvalue weighted by Crippen LogP contribution is -2.61. The lowest BCUT2D eigenvalue weighted by molar-refractivity contribution is -0.133. The molecule has 1 aliphatic rings. The minimum atomic E-state index is -0.583. The third-order valence-electron chi connectivity index (χ3n) is 3.69. The minimum Gasteiger partial charge on any atom is -0.343 e. The summed E-state index contributed by atoms with van der Waals surface area (Å²) in [5, 5.41) is 3.99. The summed E-state index contributed by atoms with van der Waals surface area (Å²) in [6.45, 7) is 3.37. The first-order chi connectivity index (χ1) is 10.0. The number of anilines is 1. The third-order valence-corrected chi connectivity index (χ3v) is 4.02. The van der Waals surface area contributed by atoms with Gasteiger partial charge >= 0.3 is 0 Å². The van der Waals surface area contributed by atoms with E-state index in [0.717, 1.165) is 5.39 Å². The van der Waals surface area contributed by atoms with Crippen LogP contribution < -0.4 is 10.2 Å². The van der Waals surface area contributed by atoms with E-state index in [0.29, 0.717) is 16.2 Å². The fraction of sp³-hybridized carbons (Fsp3) is 0.267. The lowest BCUT2D eigenvalue weighted by atomic mass is 10.1. The summed E-state index contributed by atoms with van der Waals surface area (Å²) in [6.07, 6.45) is 1.64. The molecule has 1 N–H and O–H groups in total. The summed E-state index contributed by atoms with van der Waals surface area (Å²) in [6, 6.07) is 5.95. The van der Waals surface area contributed by atoms with Crippen LogP contribution in [0.5, 0.6) is 0 Å². The molecule has 0 radical (unpaired) electrons. The van der Waals surface area contributed by atoms with Gasteiger partial charge < -0.3 is 5.32 Å². The fourth-order valence-electron chi connectivity index (χ4n) is 2.56. The molecule has 0 bridgehead atoms. The van der Waals surface area contributed by atoms with E-state index in [1.54, 1.807) is 38.2 Å². The molecule has 0 spiro atoms. The van der Waals surface area contributed by atoms with Crippen LogP contribution in [0.1, 0.15) is 13.8 Å². The van der Waals surface area contributed by atoms with Gasteiger partial charge in [-0.15, -0.1) is 0 Å². The Bertz CT molecular complexity index is 747. The molecule has 1 saturated heterocycles. The first-order valence-electron chi connectivity index (χ1n) is 6.67. The Balaban J connectivity index is 2.21. The largest absolute Gasteiger partial charge is 0.343 e. The van der Waals surface area contributed by atoms with Crippen molar-refractivity contribution >= 4 is 40.0 Å². The van der Waals surface area contributed by atoms with Crippen molar-refractivity contribution in [3.63, 3.8) is 0 Å². The number of pyridine rings is 1. The number of amides is 2. The molecule has 2 atom stereocenters. The summed E-state index contributed by atoms with van der Waals surface area (Å²) in [5.41, 5.74) is 1.22. The number of hydrogen-bond acceptors (Lipinski definition) is 3. The number of halogens is 1. The summed E-state index contributed by atoms with van der Waals surface area (Å²) in [5.74, 6) is -0.336. The summed E-state index contributed by atoms with van der Waals surface area (Å²) in [4.78, 5) is 30.3. The molecule has 2 aromatic rings. The van der Waals surface area contributed by atoms with Crippen molar-refractivity contribution < 1.29 is 9.59 Å². The second-order valence-electron chi connectivity index (χ2n) is 5.08. The van der Waals surface area contributed by atoms with Crippen LogP contribution in [0.2, 0.25) is 5.02 Å². The van der Waals surface area contributed by atoms with Gasteiger partial charge in [0.25, 0.3) is 0 Å². The highest BCUT2D eigenvalue weighted by Gasteiger charge is 2.37. The van der Waals surface area contributed by atoms with E-state index >= 15 is 0 Å². The van der Waals surface area contributed by atoms with Crippen molar-refractivity contribution in [2.45, 2.75) is 25.9 Å². The van der Waals surface area contributed by atoms with E-state index in [2.05, 4.69) is 10.3 Å². The van der Waals surface area contributed by atoms with Crippen molar-refractivity contribution in [3.8, 4) is 0 Å². The monoisotopic (exact) mass is 303 g/mol. The number of carbonyl (C=O) groups is 2. The van der Waals surface area contributed by atoms with E-state index < -0.39 is 12.1 Å². The van der Waals surface area contributed by atoms with Crippen LogP contribution in [0.3, 0.4) is 0 Å². The van der Waals surface area contributed by atoms with E-state index in [-0.39, 0.29) is 11.8 Å². The molecular weight excluding hydrogens is 290 g/mol. The maximum atomic E-state index is 12.5. The zero-order valence-electron chi connectivity index (χ0n) is 11.6. The number of carbonyl (C=O) groups excluding carboxylic acids is 2. The molecule has 5 nitrogen and oxygen atoms in total. The molecule has 1 aromatic heterocycles. The molecular formula is C15H14ClN3O2. The Morgan fingerprint density at radius 1 is 1.24 bits per heavy atom. The van der Waals surface area contributed by atoms with Gasteiger partial charge in [0.15, 0.2) is 0 Å². The highest BCUT2D eigenvalue weighted by molar-refractivity contribution is 6.36. The highest BCUT2D eigenvalue weighted by Crippen LogP contribution is 2.32. The number of piperazine rings is 1. The van der Waals surface area contributed by atoms with Crippen molar-refractivity contribution in [1.82, 2.24) is 10.3 Å². The summed E-state index contributed by atoms with van der Waals surface area (Å²) < 4.78 is 0. The van der Waals surface area contributed by atoms with Crippen molar-refractivity contribution in [3.05, 3.63) is 35.5 Å². The van der Waals surface area contributed by atoms with Crippen LogP contribution in [0.15, 0.2) is 30.5 Å². The van der Waals surface area contributed by atoms with Gasteiger partial charge in [0.2, 0.25) is 11.8 Å². The zero-order chi connectivity index (χ0) is 15.1. The van der Waals surface area contributed by atoms with Gasteiger partial charge in [0, 0.05) is 11.6 Å². The smallest absolute Gasteiger partial charge is 0.250 e. The number of nitrogens with one attached hydrogen (secondary N) is 1. The van der Waals surface area contributed by atoms with Gasteiger partial charge in [-0.1, -0.05) is 11.6 Å². The first-order valence-corrected chi connectivity index (χ1v) is 7.05. The average molecular weight is 304 g/mol. The quantitative estimate of drug-likeness (QED) is 0.878. The average Bonchev–Trinajstić information content (AvgIpc) is 2.48. The molecule has 3 rings (SSSR count). The van der Waals surface area contributed by atoms with Gasteiger partial charge in [-0.3, -0.25) is 19.5 Å². The molecule has 21 heavy (non-hydrogen) atoms. The Hall–Kier alpha value is -2.14. The predicted octanol–water partition coefficient (Wildman–Crippen LogP) is 2.13. The molecule has 2 amide bonds. The van der Waals surface area contributed by atoms with Crippen LogP contribution in [-0.2, 0) is 9.59 Å².